The number of nitrogens with one attached hydrogen (secondary N) is 1. The van der Waals surface area contributed by atoms with Crippen molar-refractivity contribution in [2.45, 2.75) is 12.8 Å². The van der Waals surface area contributed by atoms with E-state index in [1.54, 1.807) is 44.6 Å². The van der Waals surface area contributed by atoms with Gasteiger partial charge in [0.1, 0.15) is 11.5 Å². The second kappa shape index (κ2) is 9.88. The smallest absolute Gasteiger partial charge is 0.226 e. The number of para-hydroxylation sites is 1. The van der Waals surface area contributed by atoms with Crippen LogP contribution in [-0.2, 0) is 4.79 Å². The van der Waals surface area contributed by atoms with Crippen molar-refractivity contribution < 1.29 is 23.4 Å². The molecule has 0 saturated carbocycles. The number of thiazole rings is 1. The van der Waals surface area contributed by atoms with Crippen LogP contribution < -0.4 is 19.5 Å². The molecule has 0 aliphatic rings. The second-order valence-electron chi connectivity index (χ2n) is 6.03. The van der Waals surface area contributed by atoms with E-state index in [0.717, 1.165) is 5.56 Å². The standard InChI is InChI=1S/C21H21FN2O4S/c1-26-14-9-10-18(27-2)15(12-14)17-13-29-21(23-17)24-20(25)8-5-11-28-19-7-4-3-6-16(19)22/h3-4,6-7,9-10,12-13H,5,8,11H2,1-2H3,(H,23,24,25). The van der Waals surface area contributed by atoms with E-state index in [1.165, 1.54) is 17.4 Å². The van der Waals surface area contributed by atoms with Crippen LogP contribution in [0.15, 0.2) is 47.8 Å². The van der Waals surface area contributed by atoms with Crippen molar-refractivity contribution in [2.24, 2.45) is 0 Å². The Morgan fingerprint density at radius 1 is 1.14 bits per heavy atom. The number of aromatic nitrogens is 1. The number of nitrogens with zero attached hydrogens (tertiary/aromatic N) is 1. The van der Waals surface area contributed by atoms with Crippen molar-refractivity contribution in [3.8, 4) is 28.5 Å². The number of carbonyl (C=O) groups is 1. The number of methoxy groups -OCH3 is 2. The van der Waals surface area contributed by atoms with Gasteiger partial charge < -0.3 is 19.5 Å². The molecule has 1 N–H and O–H groups in total. The zero-order valence-corrected chi connectivity index (χ0v) is 16.9. The van der Waals surface area contributed by atoms with Gasteiger partial charge in [0.25, 0.3) is 0 Å². The Morgan fingerprint density at radius 2 is 1.97 bits per heavy atom. The Bertz CT molecular complexity index is 977. The fraction of sp³-hybridized carbons (Fsp3) is 0.238. The number of amides is 1. The average Bonchev–Trinajstić information content (AvgIpc) is 3.20. The lowest BCUT2D eigenvalue weighted by atomic mass is 10.1. The lowest BCUT2D eigenvalue weighted by Gasteiger charge is -2.08. The molecule has 0 aliphatic carbocycles. The van der Waals surface area contributed by atoms with Gasteiger partial charge in [-0.1, -0.05) is 12.1 Å². The molecule has 0 unspecified atom stereocenters. The molecule has 0 aliphatic heterocycles. The highest BCUT2D eigenvalue weighted by molar-refractivity contribution is 7.14. The lowest BCUT2D eigenvalue weighted by molar-refractivity contribution is -0.116. The van der Waals surface area contributed by atoms with Gasteiger partial charge in [-0.15, -0.1) is 11.3 Å². The first-order chi connectivity index (χ1) is 14.1. The van der Waals surface area contributed by atoms with E-state index < -0.39 is 5.82 Å². The van der Waals surface area contributed by atoms with Gasteiger partial charge in [-0.25, -0.2) is 9.37 Å². The van der Waals surface area contributed by atoms with Crippen LogP contribution in [-0.4, -0.2) is 31.7 Å². The predicted molar refractivity (Wildman–Crippen MR) is 110 cm³/mol. The number of hydrogen-bond donors (Lipinski definition) is 1. The molecule has 0 fully saturated rings. The summed E-state index contributed by atoms with van der Waals surface area (Å²) in [5, 5.41) is 5.11. The Balaban J connectivity index is 1.53. The summed E-state index contributed by atoms with van der Waals surface area (Å²) in [6.07, 6.45) is 0.702. The van der Waals surface area contributed by atoms with Gasteiger partial charge in [0.15, 0.2) is 16.7 Å². The molecule has 3 aromatic rings. The van der Waals surface area contributed by atoms with Crippen molar-refractivity contribution in [2.75, 3.05) is 26.1 Å². The number of halogens is 1. The highest BCUT2D eigenvalue weighted by Crippen LogP contribution is 2.35. The summed E-state index contributed by atoms with van der Waals surface area (Å²) in [7, 11) is 3.18. The molecule has 0 atom stereocenters. The van der Waals surface area contributed by atoms with Crippen molar-refractivity contribution in [3.05, 3.63) is 53.7 Å². The summed E-state index contributed by atoms with van der Waals surface area (Å²) in [6, 6.07) is 11.6. The summed E-state index contributed by atoms with van der Waals surface area (Å²) < 4.78 is 29.5. The van der Waals surface area contributed by atoms with E-state index in [0.29, 0.717) is 28.7 Å². The molecule has 6 nitrogen and oxygen atoms in total. The molecule has 0 spiro atoms. The van der Waals surface area contributed by atoms with Crippen molar-refractivity contribution in [3.63, 3.8) is 0 Å². The predicted octanol–water partition coefficient (Wildman–Crippen LogP) is 4.76. The van der Waals surface area contributed by atoms with Crippen LogP contribution in [0.25, 0.3) is 11.3 Å². The molecule has 29 heavy (non-hydrogen) atoms. The second-order valence-corrected chi connectivity index (χ2v) is 6.89. The van der Waals surface area contributed by atoms with Crippen LogP contribution in [0.1, 0.15) is 12.8 Å². The minimum absolute atomic E-state index is 0.180. The summed E-state index contributed by atoms with van der Waals surface area (Å²) in [5.74, 6) is 0.944. The third-order valence-electron chi connectivity index (χ3n) is 4.08. The SMILES string of the molecule is COc1ccc(OC)c(-c2csc(NC(=O)CCCOc3ccccc3F)n2)c1. The van der Waals surface area contributed by atoms with E-state index in [9.17, 15) is 9.18 Å². The van der Waals surface area contributed by atoms with Gasteiger partial charge in [-0.2, -0.15) is 0 Å². The summed E-state index contributed by atoms with van der Waals surface area (Å²) in [6.45, 7) is 0.248. The molecule has 1 heterocycles. The zero-order chi connectivity index (χ0) is 20.6. The maximum Gasteiger partial charge on any atom is 0.226 e. The van der Waals surface area contributed by atoms with Crippen molar-refractivity contribution in [1.82, 2.24) is 4.98 Å². The Morgan fingerprint density at radius 3 is 2.72 bits per heavy atom. The number of benzene rings is 2. The van der Waals surface area contributed by atoms with Crippen molar-refractivity contribution >= 4 is 22.4 Å². The number of rotatable bonds is 9. The van der Waals surface area contributed by atoms with Crippen LogP contribution in [0.2, 0.25) is 0 Å². The fourth-order valence-electron chi connectivity index (χ4n) is 2.63. The molecule has 8 heteroatoms. The normalized spacial score (nSPS) is 10.4. The number of hydrogen-bond acceptors (Lipinski definition) is 6. The van der Waals surface area contributed by atoms with Crippen LogP contribution in [0.3, 0.4) is 0 Å². The molecule has 1 aromatic heterocycles. The highest BCUT2D eigenvalue weighted by atomic mass is 32.1. The maximum atomic E-state index is 13.5. The number of carbonyl (C=O) groups excluding carboxylic acids is 1. The average molecular weight is 416 g/mol. The molecule has 152 valence electrons. The van der Waals surface area contributed by atoms with E-state index >= 15 is 0 Å². The summed E-state index contributed by atoms with van der Waals surface area (Å²) in [5.41, 5.74) is 1.46. The molecule has 3 rings (SSSR count). The molecule has 0 radical (unpaired) electrons. The van der Waals surface area contributed by atoms with Crippen LogP contribution in [0, 0.1) is 5.82 Å². The molecular formula is C21H21FN2O4S. The van der Waals surface area contributed by atoms with Crippen LogP contribution >= 0.6 is 11.3 Å². The largest absolute Gasteiger partial charge is 0.497 e. The van der Waals surface area contributed by atoms with Gasteiger partial charge in [-0.3, -0.25) is 4.79 Å². The zero-order valence-electron chi connectivity index (χ0n) is 16.1. The van der Waals surface area contributed by atoms with Gasteiger partial charge in [0.05, 0.1) is 26.5 Å². The Hall–Kier alpha value is -3.13. The minimum atomic E-state index is -0.416. The van der Waals surface area contributed by atoms with E-state index in [2.05, 4.69) is 10.3 Å². The first kappa shape index (κ1) is 20.6. The topological polar surface area (TPSA) is 69.7 Å². The maximum absolute atomic E-state index is 13.5. The van der Waals surface area contributed by atoms with Crippen molar-refractivity contribution in [1.29, 1.82) is 0 Å². The highest BCUT2D eigenvalue weighted by Gasteiger charge is 2.13. The van der Waals surface area contributed by atoms with E-state index in [-0.39, 0.29) is 24.7 Å². The first-order valence-electron chi connectivity index (χ1n) is 8.96. The quantitative estimate of drug-likeness (QED) is 0.509. The van der Waals surface area contributed by atoms with Gasteiger partial charge >= 0.3 is 0 Å². The fourth-order valence-corrected chi connectivity index (χ4v) is 3.35. The third-order valence-corrected chi connectivity index (χ3v) is 4.83. The van der Waals surface area contributed by atoms with Crippen LogP contribution in [0.4, 0.5) is 9.52 Å². The third kappa shape index (κ3) is 5.45. The molecule has 0 saturated heterocycles. The van der Waals surface area contributed by atoms with E-state index in [1.807, 2.05) is 11.4 Å². The van der Waals surface area contributed by atoms with Crippen LogP contribution in [0.5, 0.6) is 17.2 Å². The molecule has 2 aromatic carbocycles. The number of anilines is 1. The number of ether oxygens (including phenoxy) is 3. The first-order valence-corrected chi connectivity index (χ1v) is 9.83. The van der Waals surface area contributed by atoms with Gasteiger partial charge in [0, 0.05) is 17.4 Å². The lowest BCUT2D eigenvalue weighted by Crippen LogP contribution is -2.12. The Labute approximate surface area is 172 Å². The minimum Gasteiger partial charge on any atom is -0.497 e. The van der Waals surface area contributed by atoms with Gasteiger partial charge in [0.2, 0.25) is 5.91 Å². The van der Waals surface area contributed by atoms with Gasteiger partial charge in [-0.05, 0) is 36.8 Å². The monoisotopic (exact) mass is 416 g/mol. The molecular weight excluding hydrogens is 395 g/mol. The molecule has 0 bridgehead atoms. The molecule has 1 amide bonds. The Kier molecular flexibility index (Phi) is 7.02. The summed E-state index contributed by atoms with van der Waals surface area (Å²) in [4.78, 5) is 16.6. The summed E-state index contributed by atoms with van der Waals surface area (Å²) >= 11 is 1.32. The van der Waals surface area contributed by atoms with E-state index in [4.69, 9.17) is 14.2 Å².